The van der Waals surface area contributed by atoms with Crippen LogP contribution in [-0.2, 0) is 4.79 Å². The molecule has 0 aromatic carbocycles. The van der Waals surface area contributed by atoms with Gasteiger partial charge in [0.2, 0.25) is 6.08 Å². The molecule has 0 bridgehead atoms. The molecule has 0 aliphatic heterocycles. The van der Waals surface area contributed by atoms with Crippen LogP contribution >= 0.6 is 0 Å². The maximum Gasteiger partial charge on any atom is 0.235 e. The van der Waals surface area contributed by atoms with Gasteiger partial charge in [0, 0.05) is 0 Å². The van der Waals surface area contributed by atoms with Crippen LogP contribution in [0.3, 0.4) is 0 Å². The van der Waals surface area contributed by atoms with Crippen molar-refractivity contribution >= 4 is 6.08 Å². The number of nitrogens with zero attached hydrogens (tertiary/aromatic N) is 1. The molecule has 0 unspecified atom stereocenters. The zero-order chi connectivity index (χ0) is 7.82. The minimum atomic E-state index is 0.229. The maximum absolute atomic E-state index is 9.87. The predicted octanol–water partition coefficient (Wildman–Crippen LogP) is 2.29. The van der Waals surface area contributed by atoms with E-state index in [1.165, 1.54) is 0 Å². The first kappa shape index (κ1) is 9.38. The summed E-state index contributed by atoms with van der Waals surface area (Å²) < 4.78 is 0. The van der Waals surface area contributed by atoms with Gasteiger partial charge in [-0.25, -0.2) is 9.79 Å². The van der Waals surface area contributed by atoms with Gasteiger partial charge in [0.1, 0.15) is 0 Å². The summed E-state index contributed by atoms with van der Waals surface area (Å²) in [5.74, 6) is 0. The second kappa shape index (κ2) is 6.50. The summed E-state index contributed by atoms with van der Waals surface area (Å²) in [4.78, 5) is 13.6. The van der Waals surface area contributed by atoms with Gasteiger partial charge in [-0.15, -0.1) is 0 Å². The van der Waals surface area contributed by atoms with E-state index >= 15 is 0 Å². The Balaban J connectivity index is 3.60. The molecule has 0 radical (unpaired) electrons. The molecule has 0 N–H and O–H groups in total. The predicted molar refractivity (Wildman–Crippen MR) is 41.7 cm³/mol. The van der Waals surface area contributed by atoms with Crippen molar-refractivity contribution in [3.63, 3.8) is 0 Å². The summed E-state index contributed by atoms with van der Waals surface area (Å²) in [5.41, 5.74) is 0. The molecule has 10 heavy (non-hydrogen) atoms. The SMILES string of the molecule is CCCC(CCC)N=C=O. The quantitative estimate of drug-likeness (QED) is 0.426. The monoisotopic (exact) mass is 141 g/mol. The number of hydrogen-bond donors (Lipinski definition) is 0. The van der Waals surface area contributed by atoms with E-state index in [9.17, 15) is 4.79 Å². The van der Waals surface area contributed by atoms with Gasteiger partial charge in [-0.1, -0.05) is 26.7 Å². The van der Waals surface area contributed by atoms with Gasteiger partial charge >= 0.3 is 0 Å². The summed E-state index contributed by atoms with van der Waals surface area (Å²) in [6.45, 7) is 4.20. The molecular weight excluding hydrogens is 126 g/mol. The fourth-order valence-electron chi connectivity index (χ4n) is 1.01. The normalized spacial score (nSPS) is 9.50. The lowest BCUT2D eigenvalue weighted by molar-refractivity contribution is 0.529. The first-order chi connectivity index (χ1) is 4.85. The van der Waals surface area contributed by atoms with Crippen molar-refractivity contribution < 1.29 is 4.79 Å². The summed E-state index contributed by atoms with van der Waals surface area (Å²) in [6, 6.07) is 0.229. The average molecular weight is 141 g/mol. The first-order valence-corrected chi connectivity index (χ1v) is 3.92. The standard InChI is InChI=1S/C8H15NO/c1-3-5-8(6-4-2)9-7-10/h8H,3-6H2,1-2H3. The molecule has 0 aromatic rings. The van der Waals surface area contributed by atoms with Crippen molar-refractivity contribution in [1.82, 2.24) is 0 Å². The summed E-state index contributed by atoms with van der Waals surface area (Å²) >= 11 is 0. The molecule has 0 saturated heterocycles. The second-order valence-corrected chi connectivity index (χ2v) is 2.45. The minimum absolute atomic E-state index is 0.229. The average Bonchev–Trinajstić information content (AvgIpc) is 1.90. The van der Waals surface area contributed by atoms with E-state index in [-0.39, 0.29) is 6.04 Å². The van der Waals surface area contributed by atoms with E-state index in [0.717, 1.165) is 25.7 Å². The molecule has 0 atom stereocenters. The van der Waals surface area contributed by atoms with Gasteiger partial charge in [-0.3, -0.25) is 0 Å². The van der Waals surface area contributed by atoms with E-state index in [0.29, 0.717) is 0 Å². The molecule has 58 valence electrons. The third-order valence-corrected chi connectivity index (χ3v) is 1.48. The van der Waals surface area contributed by atoms with Crippen LogP contribution in [0.5, 0.6) is 0 Å². The Morgan fingerprint density at radius 2 is 1.80 bits per heavy atom. The van der Waals surface area contributed by atoms with Crippen LogP contribution in [0, 0.1) is 0 Å². The van der Waals surface area contributed by atoms with E-state index in [2.05, 4.69) is 18.8 Å². The van der Waals surface area contributed by atoms with E-state index in [4.69, 9.17) is 0 Å². The molecule has 0 fully saturated rings. The number of carbonyl (C=O) groups excluding carboxylic acids is 1. The van der Waals surface area contributed by atoms with Gasteiger partial charge in [-0.2, -0.15) is 0 Å². The van der Waals surface area contributed by atoms with Crippen LogP contribution in [0.1, 0.15) is 39.5 Å². The van der Waals surface area contributed by atoms with Crippen molar-refractivity contribution in [1.29, 1.82) is 0 Å². The smallest absolute Gasteiger partial charge is 0.211 e. The Kier molecular flexibility index (Phi) is 6.10. The summed E-state index contributed by atoms with van der Waals surface area (Å²) in [6.07, 6.45) is 5.83. The Labute approximate surface area is 62.4 Å². The van der Waals surface area contributed by atoms with Crippen molar-refractivity contribution in [2.45, 2.75) is 45.6 Å². The number of hydrogen-bond acceptors (Lipinski definition) is 2. The van der Waals surface area contributed by atoms with Gasteiger partial charge in [0.15, 0.2) is 0 Å². The van der Waals surface area contributed by atoms with Crippen LogP contribution in [0.2, 0.25) is 0 Å². The highest BCUT2D eigenvalue weighted by atomic mass is 16.1. The highest BCUT2D eigenvalue weighted by Crippen LogP contribution is 2.07. The van der Waals surface area contributed by atoms with E-state index in [1.54, 1.807) is 6.08 Å². The Morgan fingerprint density at radius 3 is 2.10 bits per heavy atom. The second-order valence-electron chi connectivity index (χ2n) is 2.45. The lowest BCUT2D eigenvalue weighted by Gasteiger charge is -2.05. The maximum atomic E-state index is 9.87. The topological polar surface area (TPSA) is 29.4 Å². The largest absolute Gasteiger partial charge is 0.235 e. The number of aliphatic imine (C=N–C) groups is 1. The fourth-order valence-corrected chi connectivity index (χ4v) is 1.01. The molecule has 0 rings (SSSR count). The van der Waals surface area contributed by atoms with Gasteiger partial charge in [0.05, 0.1) is 6.04 Å². The van der Waals surface area contributed by atoms with Crippen molar-refractivity contribution in [3.05, 3.63) is 0 Å². The highest BCUT2D eigenvalue weighted by Gasteiger charge is 2.02. The third kappa shape index (κ3) is 4.28. The lowest BCUT2D eigenvalue weighted by Crippen LogP contribution is -2.01. The van der Waals surface area contributed by atoms with Crippen LogP contribution < -0.4 is 0 Å². The molecule has 2 nitrogen and oxygen atoms in total. The molecular formula is C8H15NO. The molecule has 0 aromatic heterocycles. The third-order valence-electron chi connectivity index (χ3n) is 1.48. The fraction of sp³-hybridized carbons (Fsp3) is 0.875. The number of rotatable bonds is 5. The van der Waals surface area contributed by atoms with Crippen molar-refractivity contribution in [2.75, 3.05) is 0 Å². The minimum Gasteiger partial charge on any atom is -0.211 e. The highest BCUT2D eigenvalue weighted by molar-refractivity contribution is 5.33. The van der Waals surface area contributed by atoms with Crippen molar-refractivity contribution in [3.8, 4) is 0 Å². The van der Waals surface area contributed by atoms with Crippen LogP contribution in [0.15, 0.2) is 4.99 Å². The van der Waals surface area contributed by atoms with E-state index in [1.807, 2.05) is 0 Å². The number of isocyanates is 1. The Bertz CT molecular complexity index is 110. The zero-order valence-corrected chi connectivity index (χ0v) is 6.76. The van der Waals surface area contributed by atoms with Crippen LogP contribution in [-0.4, -0.2) is 12.1 Å². The van der Waals surface area contributed by atoms with Crippen molar-refractivity contribution in [2.24, 2.45) is 4.99 Å². The van der Waals surface area contributed by atoms with Crippen LogP contribution in [0.25, 0.3) is 0 Å². The molecule has 0 aliphatic rings. The van der Waals surface area contributed by atoms with Crippen LogP contribution in [0.4, 0.5) is 0 Å². The molecule has 0 spiro atoms. The van der Waals surface area contributed by atoms with Gasteiger partial charge in [0.25, 0.3) is 0 Å². The zero-order valence-electron chi connectivity index (χ0n) is 6.76. The Morgan fingerprint density at radius 1 is 1.30 bits per heavy atom. The molecule has 0 amide bonds. The van der Waals surface area contributed by atoms with E-state index < -0.39 is 0 Å². The Hall–Kier alpha value is -0.620. The summed E-state index contributed by atoms with van der Waals surface area (Å²) in [5, 5.41) is 0. The van der Waals surface area contributed by atoms with Gasteiger partial charge < -0.3 is 0 Å². The molecule has 0 aliphatic carbocycles. The lowest BCUT2D eigenvalue weighted by atomic mass is 10.1. The molecule has 2 heteroatoms. The summed E-state index contributed by atoms with van der Waals surface area (Å²) in [7, 11) is 0. The molecule has 0 heterocycles. The first-order valence-electron chi connectivity index (χ1n) is 3.92. The van der Waals surface area contributed by atoms with Gasteiger partial charge in [-0.05, 0) is 12.8 Å². The molecule has 0 saturated carbocycles.